The monoisotopic (exact) mass is 328 g/mol. The summed E-state index contributed by atoms with van der Waals surface area (Å²) in [6, 6.07) is 5.58. The molecule has 0 bridgehead atoms. The largest absolute Gasteiger partial charge is 0.396 e. The van der Waals surface area contributed by atoms with Crippen LogP contribution in [0.5, 0.6) is 0 Å². The summed E-state index contributed by atoms with van der Waals surface area (Å²) < 4.78 is 0. The number of aliphatic hydroxyl groups excluding tert-OH is 1. The highest BCUT2D eigenvalue weighted by molar-refractivity contribution is 7.98. The summed E-state index contributed by atoms with van der Waals surface area (Å²) in [6.45, 7) is 2.77. The number of nitrogens with one attached hydrogen (secondary N) is 1. The summed E-state index contributed by atoms with van der Waals surface area (Å²) in [5, 5.41) is 12.8. The Morgan fingerprint density at radius 3 is 2.90 bits per heavy atom. The molecule has 1 aliphatic rings. The zero-order valence-electron chi connectivity index (χ0n) is 12.3. The van der Waals surface area contributed by atoms with Crippen molar-refractivity contribution in [3.63, 3.8) is 0 Å². The molecule has 0 aromatic heterocycles. The summed E-state index contributed by atoms with van der Waals surface area (Å²) in [4.78, 5) is 15.2. The molecule has 1 aromatic rings. The number of aliphatic hydroxyl groups is 1. The molecule has 21 heavy (non-hydrogen) atoms. The van der Waals surface area contributed by atoms with Crippen LogP contribution in [0.4, 0.5) is 10.5 Å². The molecule has 1 aliphatic heterocycles. The molecule has 116 valence electrons. The number of hydrogen-bond acceptors (Lipinski definition) is 3. The topological polar surface area (TPSA) is 52.6 Å². The van der Waals surface area contributed by atoms with Gasteiger partial charge in [0.1, 0.15) is 0 Å². The smallest absolute Gasteiger partial charge is 0.322 e. The normalized spacial score (nSPS) is 22.2. The van der Waals surface area contributed by atoms with Gasteiger partial charge in [-0.15, -0.1) is 11.8 Å². The predicted octanol–water partition coefficient (Wildman–Crippen LogP) is 3.69. The van der Waals surface area contributed by atoms with E-state index < -0.39 is 0 Å². The molecule has 2 amide bonds. The van der Waals surface area contributed by atoms with E-state index in [-0.39, 0.29) is 24.6 Å². The molecule has 4 nitrogen and oxygen atoms in total. The third-order valence-electron chi connectivity index (χ3n) is 3.90. The van der Waals surface area contributed by atoms with Gasteiger partial charge in [-0.3, -0.25) is 0 Å². The van der Waals surface area contributed by atoms with Gasteiger partial charge in [-0.25, -0.2) is 4.79 Å². The Morgan fingerprint density at radius 1 is 1.52 bits per heavy atom. The third kappa shape index (κ3) is 4.05. The Kier molecular flexibility index (Phi) is 5.79. The molecule has 1 aromatic carbocycles. The van der Waals surface area contributed by atoms with Gasteiger partial charge in [0, 0.05) is 29.8 Å². The minimum Gasteiger partial charge on any atom is -0.396 e. The highest BCUT2D eigenvalue weighted by Crippen LogP contribution is 2.28. The van der Waals surface area contributed by atoms with Gasteiger partial charge in [-0.1, -0.05) is 11.6 Å². The lowest BCUT2D eigenvalue weighted by Gasteiger charge is -2.37. The molecule has 0 spiro atoms. The minimum atomic E-state index is -0.131. The Balaban J connectivity index is 2.04. The number of hydrogen-bond donors (Lipinski definition) is 2. The van der Waals surface area contributed by atoms with E-state index in [1.54, 1.807) is 22.7 Å². The van der Waals surface area contributed by atoms with Crippen molar-refractivity contribution in [3.05, 3.63) is 23.2 Å². The number of carbonyl (C=O) groups excluding carboxylic acids is 1. The van der Waals surface area contributed by atoms with E-state index in [1.165, 1.54) is 0 Å². The summed E-state index contributed by atoms with van der Waals surface area (Å²) in [5.74, 6) is 0.175. The van der Waals surface area contributed by atoms with Crippen molar-refractivity contribution in [2.24, 2.45) is 5.92 Å². The van der Waals surface area contributed by atoms with Crippen LogP contribution >= 0.6 is 23.4 Å². The van der Waals surface area contributed by atoms with Gasteiger partial charge in [-0.05, 0) is 50.1 Å². The van der Waals surface area contributed by atoms with E-state index in [9.17, 15) is 9.90 Å². The van der Waals surface area contributed by atoms with E-state index in [4.69, 9.17) is 11.6 Å². The average molecular weight is 329 g/mol. The van der Waals surface area contributed by atoms with E-state index in [0.29, 0.717) is 17.3 Å². The summed E-state index contributed by atoms with van der Waals surface area (Å²) in [6.07, 6.45) is 3.85. The van der Waals surface area contributed by atoms with Crippen molar-refractivity contribution in [2.45, 2.75) is 30.7 Å². The number of rotatable bonds is 3. The van der Waals surface area contributed by atoms with E-state index >= 15 is 0 Å². The van der Waals surface area contributed by atoms with Crippen LogP contribution in [0.2, 0.25) is 5.02 Å². The van der Waals surface area contributed by atoms with Crippen LogP contribution in [0.25, 0.3) is 0 Å². The van der Waals surface area contributed by atoms with Crippen molar-refractivity contribution in [2.75, 3.05) is 24.7 Å². The fourth-order valence-electron chi connectivity index (χ4n) is 2.55. The van der Waals surface area contributed by atoms with Crippen molar-refractivity contribution in [1.29, 1.82) is 0 Å². The van der Waals surface area contributed by atoms with Crippen molar-refractivity contribution < 1.29 is 9.90 Å². The van der Waals surface area contributed by atoms with Crippen LogP contribution in [0.1, 0.15) is 19.8 Å². The Hall–Kier alpha value is -0.910. The van der Waals surface area contributed by atoms with Gasteiger partial charge < -0.3 is 15.3 Å². The standard InChI is InChI=1S/C15H21ClN2O2S/c1-10-3-4-11(9-19)8-18(10)15(20)17-12-5-6-14(21-2)13(16)7-12/h5-7,10-11,19H,3-4,8-9H2,1-2H3,(H,17,20)/t10-,11+/m1/s1. The van der Waals surface area contributed by atoms with Gasteiger partial charge in [0.15, 0.2) is 0 Å². The average Bonchev–Trinajstić information content (AvgIpc) is 2.48. The van der Waals surface area contributed by atoms with Crippen LogP contribution in [-0.4, -0.2) is 41.5 Å². The molecular weight excluding hydrogens is 308 g/mol. The molecule has 1 heterocycles. The van der Waals surface area contributed by atoms with Gasteiger partial charge in [-0.2, -0.15) is 0 Å². The summed E-state index contributed by atoms with van der Waals surface area (Å²) in [5.41, 5.74) is 0.695. The number of amides is 2. The molecule has 2 rings (SSSR count). The summed E-state index contributed by atoms with van der Waals surface area (Å²) >= 11 is 7.73. The van der Waals surface area contributed by atoms with Crippen LogP contribution in [0.15, 0.2) is 23.1 Å². The fourth-order valence-corrected chi connectivity index (χ4v) is 3.42. The number of halogens is 1. The first-order valence-corrected chi connectivity index (χ1v) is 8.67. The van der Waals surface area contributed by atoms with Gasteiger partial charge >= 0.3 is 6.03 Å². The minimum absolute atomic E-state index is 0.130. The fraction of sp³-hybridized carbons (Fsp3) is 0.533. The Labute approximate surface area is 134 Å². The Bertz CT molecular complexity index is 512. The van der Waals surface area contributed by atoms with Gasteiger partial charge in [0.05, 0.1) is 5.02 Å². The molecule has 0 saturated carbocycles. The molecule has 2 atom stereocenters. The number of thioether (sulfide) groups is 1. The predicted molar refractivity (Wildman–Crippen MR) is 88.2 cm³/mol. The zero-order valence-corrected chi connectivity index (χ0v) is 13.9. The lowest BCUT2D eigenvalue weighted by molar-refractivity contribution is 0.107. The number of carbonyl (C=O) groups is 1. The Morgan fingerprint density at radius 2 is 2.29 bits per heavy atom. The van der Waals surface area contributed by atoms with Crippen molar-refractivity contribution in [3.8, 4) is 0 Å². The lowest BCUT2D eigenvalue weighted by Crippen LogP contribution is -2.48. The lowest BCUT2D eigenvalue weighted by atomic mass is 9.94. The van der Waals surface area contributed by atoms with Crippen LogP contribution in [0.3, 0.4) is 0 Å². The second-order valence-electron chi connectivity index (χ2n) is 5.41. The summed E-state index contributed by atoms with van der Waals surface area (Å²) in [7, 11) is 0. The van der Waals surface area contributed by atoms with Crippen molar-refractivity contribution in [1.82, 2.24) is 4.90 Å². The van der Waals surface area contributed by atoms with Crippen LogP contribution in [-0.2, 0) is 0 Å². The molecule has 1 fully saturated rings. The first-order valence-electron chi connectivity index (χ1n) is 7.07. The molecular formula is C15H21ClN2O2S. The van der Waals surface area contributed by atoms with Crippen LogP contribution in [0, 0.1) is 5.92 Å². The number of urea groups is 1. The van der Waals surface area contributed by atoms with E-state index in [2.05, 4.69) is 5.32 Å². The highest BCUT2D eigenvalue weighted by atomic mass is 35.5. The first kappa shape index (κ1) is 16.5. The second kappa shape index (κ2) is 7.38. The van der Waals surface area contributed by atoms with Crippen molar-refractivity contribution >= 4 is 35.1 Å². The maximum absolute atomic E-state index is 12.4. The third-order valence-corrected chi connectivity index (χ3v) is 5.12. The quantitative estimate of drug-likeness (QED) is 0.832. The molecule has 0 aliphatic carbocycles. The maximum Gasteiger partial charge on any atom is 0.322 e. The second-order valence-corrected chi connectivity index (χ2v) is 6.66. The van der Waals surface area contributed by atoms with Crippen LogP contribution < -0.4 is 5.32 Å². The molecule has 6 heteroatoms. The van der Waals surface area contributed by atoms with Gasteiger partial charge in [0.25, 0.3) is 0 Å². The van der Waals surface area contributed by atoms with E-state index in [1.807, 2.05) is 25.3 Å². The number of anilines is 1. The number of likely N-dealkylation sites (tertiary alicyclic amines) is 1. The molecule has 0 unspecified atom stereocenters. The molecule has 1 saturated heterocycles. The number of piperidine rings is 1. The number of benzene rings is 1. The molecule has 2 N–H and O–H groups in total. The highest BCUT2D eigenvalue weighted by Gasteiger charge is 2.28. The SMILES string of the molecule is CSc1ccc(NC(=O)N2C[C@@H](CO)CC[C@H]2C)cc1Cl. The first-order chi connectivity index (χ1) is 10.0. The van der Waals surface area contributed by atoms with E-state index in [0.717, 1.165) is 17.7 Å². The van der Waals surface area contributed by atoms with Gasteiger partial charge in [0.2, 0.25) is 0 Å². The maximum atomic E-state index is 12.4. The molecule has 0 radical (unpaired) electrons. The zero-order chi connectivity index (χ0) is 15.4. The number of nitrogens with zero attached hydrogens (tertiary/aromatic N) is 1.